The van der Waals surface area contributed by atoms with Crippen LogP contribution in [0.2, 0.25) is 0 Å². The number of carboxylic acids is 2. The molecule has 0 fully saturated rings. The van der Waals surface area contributed by atoms with Crippen molar-refractivity contribution in [2.75, 3.05) is 24.6 Å². The third kappa shape index (κ3) is 5.46. The first-order valence-corrected chi connectivity index (χ1v) is 10.2. The van der Waals surface area contributed by atoms with Crippen molar-refractivity contribution in [3.8, 4) is 0 Å². The number of benzene rings is 1. The number of carboxylic acid groups (broad SMARTS) is 2. The number of nitrogen functional groups attached to an aromatic ring is 1. The van der Waals surface area contributed by atoms with Crippen LogP contribution >= 0.6 is 0 Å². The first-order chi connectivity index (χ1) is 16.1. The van der Waals surface area contributed by atoms with Crippen LogP contribution in [0.1, 0.15) is 33.8 Å². The Balaban J connectivity index is 1.62. The number of amides is 2. The van der Waals surface area contributed by atoms with E-state index in [1.807, 2.05) is 0 Å². The topological polar surface area (TPSA) is 210 Å². The van der Waals surface area contributed by atoms with E-state index in [9.17, 15) is 29.1 Å². The van der Waals surface area contributed by atoms with Gasteiger partial charge in [0.05, 0.1) is 12.6 Å². The Labute approximate surface area is 192 Å². The maximum Gasteiger partial charge on any atom is 0.352 e. The second-order valence-corrected chi connectivity index (χ2v) is 7.62. The van der Waals surface area contributed by atoms with Crippen molar-refractivity contribution >= 4 is 35.4 Å². The molecule has 0 spiro atoms. The molecule has 14 heteroatoms. The van der Waals surface area contributed by atoms with Crippen molar-refractivity contribution in [2.45, 2.75) is 31.5 Å². The van der Waals surface area contributed by atoms with Gasteiger partial charge in [0.15, 0.2) is 0 Å². The van der Waals surface area contributed by atoms with Crippen LogP contribution in [0.5, 0.6) is 0 Å². The van der Waals surface area contributed by atoms with E-state index < -0.39 is 47.9 Å². The molecule has 0 unspecified atom stereocenters. The molecule has 34 heavy (non-hydrogen) atoms. The predicted molar refractivity (Wildman–Crippen MR) is 117 cm³/mol. The molecule has 0 radical (unpaired) electrons. The number of nitrogens with zero attached hydrogens (tertiary/aromatic N) is 4. The number of rotatable bonds is 9. The van der Waals surface area contributed by atoms with Gasteiger partial charge < -0.3 is 31.5 Å². The zero-order valence-electron chi connectivity index (χ0n) is 18.1. The van der Waals surface area contributed by atoms with Crippen molar-refractivity contribution in [3.63, 3.8) is 0 Å². The minimum absolute atomic E-state index is 0.0744. The molecule has 0 bridgehead atoms. The van der Waals surface area contributed by atoms with Crippen LogP contribution < -0.4 is 22.1 Å². The Kier molecular flexibility index (Phi) is 7.09. The molecule has 1 aromatic carbocycles. The first-order valence-electron chi connectivity index (χ1n) is 10.2. The molecule has 1 aromatic heterocycles. The standard InChI is InChI=1S/C20H23N7O7/c1-26-12(9-27-15(17(26)31)24-19(21)25-20(27)34)8-22-11-4-2-10(3-5-11)16(30)23-13(18(32)33)6-7-14(28)29/h2-5,12-13,22H,6-9H2,1H3,(H,23,30)(H,28,29)(H,32,33)(H2,21,25,34)/t12-,13+/m1/s1. The predicted octanol–water partition coefficient (Wildman–Crippen LogP) is -1.17. The van der Waals surface area contributed by atoms with Gasteiger partial charge in [0.2, 0.25) is 11.8 Å². The number of carbonyl (C=O) groups excluding carboxylic acids is 2. The summed E-state index contributed by atoms with van der Waals surface area (Å²) in [6.45, 7) is 0.442. The van der Waals surface area contributed by atoms with Gasteiger partial charge in [-0.15, -0.1) is 0 Å². The summed E-state index contributed by atoms with van der Waals surface area (Å²) in [5.74, 6) is -3.95. The van der Waals surface area contributed by atoms with E-state index in [0.717, 1.165) is 0 Å². The maximum absolute atomic E-state index is 12.6. The number of nitrogens with one attached hydrogen (secondary N) is 2. The molecule has 2 amide bonds. The molecule has 2 atom stereocenters. The Bertz CT molecular complexity index is 1180. The molecule has 180 valence electrons. The lowest BCUT2D eigenvalue weighted by molar-refractivity contribution is -0.140. The van der Waals surface area contributed by atoms with Gasteiger partial charge in [-0.25, -0.2) is 9.59 Å². The average Bonchev–Trinajstić information content (AvgIpc) is 2.78. The van der Waals surface area contributed by atoms with Crippen molar-refractivity contribution in [3.05, 3.63) is 46.1 Å². The van der Waals surface area contributed by atoms with Gasteiger partial charge in [-0.3, -0.25) is 19.0 Å². The highest BCUT2D eigenvalue weighted by Crippen LogP contribution is 2.15. The molecule has 3 rings (SSSR count). The van der Waals surface area contributed by atoms with E-state index in [1.54, 1.807) is 19.2 Å². The summed E-state index contributed by atoms with van der Waals surface area (Å²) in [6, 6.07) is 4.41. The number of fused-ring (bicyclic) bond motifs is 1. The van der Waals surface area contributed by atoms with E-state index in [0.29, 0.717) is 5.69 Å². The summed E-state index contributed by atoms with van der Waals surface area (Å²) >= 11 is 0. The van der Waals surface area contributed by atoms with E-state index in [-0.39, 0.29) is 36.8 Å². The molecule has 6 N–H and O–H groups in total. The minimum Gasteiger partial charge on any atom is -0.481 e. The van der Waals surface area contributed by atoms with Gasteiger partial charge in [0, 0.05) is 31.3 Å². The summed E-state index contributed by atoms with van der Waals surface area (Å²) in [5.41, 5.74) is 5.60. The van der Waals surface area contributed by atoms with Crippen molar-refractivity contribution < 1.29 is 29.4 Å². The summed E-state index contributed by atoms with van der Waals surface area (Å²) in [6.07, 6.45) is -0.637. The summed E-state index contributed by atoms with van der Waals surface area (Å²) < 4.78 is 1.17. The lowest BCUT2D eigenvalue weighted by atomic mass is 10.1. The summed E-state index contributed by atoms with van der Waals surface area (Å²) in [4.78, 5) is 67.7. The zero-order valence-corrected chi connectivity index (χ0v) is 18.1. The maximum atomic E-state index is 12.6. The molecule has 0 saturated carbocycles. The van der Waals surface area contributed by atoms with Crippen molar-refractivity contribution in [1.82, 2.24) is 24.8 Å². The summed E-state index contributed by atoms with van der Waals surface area (Å²) in [5, 5.41) is 23.3. The lowest BCUT2D eigenvalue weighted by Crippen LogP contribution is -2.52. The second kappa shape index (κ2) is 9.97. The van der Waals surface area contributed by atoms with Crippen LogP contribution in [-0.4, -0.2) is 79.1 Å². The minimum atomic E-state index is -1.33. The summed E-state index contributed by atoms with van der Waals surface area (Å²) in [7, 11) is 1.58. The molecule has 0 saturated heterocycles. The van der Waals surface area contributed by atoms with E-state index >= 15 is 0 Å². The van der Waals surface area contributed by atoms with Crippen LogP contribution in [0.4, 0.5) is 11.6 Å². The monoisotopic (exact) mass is 473 g/mol. The first kappa shape index (κ1) is 24.2. The molecule has 1 aliphatic rings. The van der Waals surface area contributed by atoms with E-state index in [1.165, 1.54) is 21.6 Å². The fourth-order valence-corrected chi connectivity index (χ4v) is 3.37. The third-order valence-electron chi connectivity index (χ3n) is 5.31. The molecule has 2 aromatic rings. The van der Waals surface area contributed by atoms with Gasteiger partial charge in [-0.1, -0.05) is 0 Å². The number of carbonyl (C=O) groups is 4. The van der Waals surface area contributed by atoms with Gasteiger partial charge in [0.25, 0.3) is 11.8 Å². The Hall–Kier alpha value is -4.49. The van der Waals surface area contributed by atoms with Crippen LogP contribution in [0, 0.1) is 0 Å². The van der Waals surface area contributed by atoms with Crippen molar-refractivity contribution in [1.29, 1.82) is 0 Å². The molecule has 14 nitrogen and oxygen atoms in total. The number of nitrogens with two attached hydrogens (primary N) is 1. The molecule has 2 heterocycles. The quantitative estimate of drug-likeness (QED) is 0.293. The van der Waals surface area contributed by atoms with Gasteiger partial charge in [-0.2, -0.15) is 9.97 Å². The van der Waals surface area contributed by atoms with Gasteiger partial charge in [-0.05, 0) is 30.7 Å². The Morgan fingerprint density at radius 2 is 1.85 bits per heavy atom. The Morgan fingerprint density at radius 1 is 1.18 bits per heavy atom. The van der Waals surface area contributed by atoms with Crippen molar-refractivity contribution in [2.24, 2.45) is 0 Å². The lowest BCUT2D eigenvalue weighted by Gasteiger charge is -2.33. The Morgan fingerprint density at radius 3 is 2.47 bits per heavy atom. The smallest absolute Gasteiger partial charge is 0.352 e. The molecular formula is C20H23N7O7. The van der Waals surface area contributed by atoms with Gasteiger partial charge >= 0.3 is 17.6 Å². The number of anilines is 2. The highest BCUT2D eigenvalue weighted by molar-refractivity contribution is 5.97. The van der Waals surface area contributed by atoms with Crippen LogP contribution in [0.15, 0.2) is 29.1 Å². The van der Waals surface area contributed by atoms with Crippen LogP contribution in [0.25, 0.3) is 0 Å². The number of hydrogen-bond acceptors (Lipinski definition) is 9. The average molecular weight is 473 g/mol. The molecular weight excluding hydrogens is 450 g/mol. The van der Waals surface area contributed by atoms with E-state index in [2.05, 4.69) is 20.6 Å². The fourth-order valence-electron chi connectivity index (χ4n) is 3.37. The van der Waals surface area contributed by atoms with Crippen LogP contribution in [0.3, 0.4) is 0 Å². The van der Waals surface area contributed by atoms with E-state index in [4.69, 9.17) is 10.8 Å². The highest BCUT2D eigenvalue weighted by atomic mass is 16.4. The molecule has 1 aliphatic heterocycles. The van der Waals surface area contributed by atoms with Gasteiger partial charge in [0.1, 0.15) is 6.04 Å². The normalized spacial score (nSPS) is 15.9. The number of aliphatic carboxylic acids is 2. The second-order valence-electron chi connectivity index (χ2n) is 7.62. The number of aromatic nitrogens is 3. The number of hydrogen-bond donors (Lipinski definition) is 5. The number of likely N-dealkylation sites (N-methyl/N-ethyl adjacent to an activating group) is 1. The van der Waals surface area contributed by atoms with Crippen LogP contribution in [-0.2, 0) is 16.1 Å². The fraction of sp³-hybridized carbons (Fsp3) is 0.350. The molecule has 0 aliphatic carbocycles. The highest BCUT2D eigenvalue weighted by Gasteiger charge is 2.32. The SMILES string of the molecule is CN1C(=O)c2nc(N)nc(=O)n2C[C@H]1CNc1ccc(C(=O)N[C@@H](CCC(=O)O)C(=O)O)cc1. The largest absolute Gasteiger partial charge is 0.481 e. The third-order valence-corrected chi connectivity index (χ3v) is 5.31. The zero-order chi connectivity index (χ0) is 25.0.